The summed E-state index contributed by atoms with van der Waals surface area (Å²) in [4.78, 5) is 29.5. The zero-order valence-corrected chi connectivity index (χ0v) is 23.8. The van der Waals surface area contributed by atoms with Crippen LogP contribution in [0.25, 0.3) is 0 Å². The Hall–Kier alpha value is -3.60. The van der Waals surface area contributed by atoms with Gasteiger partial charge in [0.25, 0.3) is 11.8 Å². The number of carbonyl (C=O) groups is 2. The number of fused-ring (bicyclic) bond motifs is 1. The van der Waals surface area contributed by atoms with E-state index in [1.165, 1.54) is 49.7 Å². The van der Waals surface area contributed by atoms with Crippen LogP contribution in [0.4, 0.5) is 11.4 Å². The summed E-state index contributed by atoms with van der Waals surface area (Å²) in [5.74, 6) is -0.347. The van der Waals surface area contributed by atoms with Crippen molar-refractivity contribution in [2.24, 2.45) is 0 Å². The summed E-state index contributed by atoms with van der Waals surface area (Å²) in [6.07, 6.45) is 2.85. The van der Waals surface area contributed by atoms with E-state index in [4.69, 9.17) is 0 Å². The molecule has 1 aliphatic rings. The van der Waals surface area contributed by atoms with Crippen molar-refractivity contribution in [3.05, 3.63) is 93.0 Å². The van der Waals surface area contributed by atoms with Gasteiger partial charge in [0.05, 0.1) is 11.1 Å². The second-order valence-electron chi connectivity index (χ2n) is 10.8. The first-order valence-corrected chi connectivity index (χ1v) is 13.8. The fourth-order valence-corrected chi connectivity index (χ4v) is 5.97. The summed E-state index contributed by atoms with van der Waals surface area (Å²) in [5, 5.41) is 3.65. The van der Waals surface area contributed by atoms with Crippen LogP contribution >= 0.6 is 0 Å². The maximum Gasteiger partial charge on any atom is 0.261 e. The number of anilines is 2. The lowest BCUT2D eigenvalue weighted by atomic mass is 10.0. The minimum absolute atomic E-state index is 0.174. The first kappa shape index (κ1) is 27.4. The summed E-state index contributed by atoms with van der Waals surface area (Å²) < 4.78 is 0. The molecule has 0 radical (unpaired) electrons. The number of hydrogen-bond donors (Lipinski definition) is 1. The molecule has 0 bridgehead atoms. The van der Waals surface area contributed by atoms with E-state index in [9.17, 15) is 9.59 Å². The molecule has 0 aromatic heterocycles. The highest BCUT2D eigenvalue weighted by molar-refractivity contribution is 6.21. The topological polar surface area (TPSA) is 52.6 Å². The van der Waals surface area contributed by atoms with Gasteiger partial charge in [-0.15, -0.1) is 0 Å². The first-order valence-electron chi connectivity index (χ1n) is 13.8. The number of hydrogen-bond acceptors (Lipinski definition) is 4. The minimum atomic E-state index is -0.174. The van der Waals surface area contributed by atoms with Gasteiger partial charge in [-0.1, -0.05) is 47.5 Å². The molecule has 0 fully saturated rings. The number of amides is 2. The Kier molecular flexibility index (Phi) is 8.55. The third-order valence-corrected chi connectivity index (χ3v) is 7.47. The SMILES string of the molecule is Cc1cc(C)c(NCCCCN(CCCN2C(=O)c3ccccc3C2=O)c2c(C)cc(C)cc2C)c(C)c1. The zero-order valence-electron chi connectivity index (χ0n) is 23.8. The largest absolute Gasteiger partial charge is 0.385 e. The van der Waals surface area contributed by atoms with E-state index >= 15 is 0 Å². The Bertz CT molecular complexity index is 1260. The fourth-order valence-electron chi connectivity index (χ4n) is 5.97. The molecule has 4 rings (SSSR count). The van der Waals surface area contributed by atoms with Crippen LogP contribution in [0.1, 0.15) is 73.4 Å². The summed E-state index contributed by atoms with van der Waals surface area (Å²) in [6.45, 7) is 16.1. The molecule has 3 aromatic carbocycles. The highest BCUT2D eigenvalue weighted by Gasteiger charge is 2.34. The highest BCUT2D eigenvalue weighted by Crippen LogP contribution is 2.28. The Balaban J connectivity index is 1.38. The van der Waals surface area contributed by atoms with Crippen molar-refractivity contribution >= 4 is 23.2 Å². The number of unbranched alkanes of at least 4 members (excludes halogenated alkanes) is 1. The van der Waals surface area contributed by atoms with Crippen LogP contribution in [0.3, 0.4) is 0 Å². The smallest absolute Gasteiger partial charge is 0.261 e. The van der Waals surface area contributed by atoms with Gasteiger partial charge in [-0.3, -0.25) is 14.5 Å². The number of rotatable bonds is 11. The highest BCUT2D eigenvalue weighted by atomic mass is 16.2. The molecule has 0 unspecified atom stereocenters. The average Bonchev–Trinajstić information content (AvgIpc) is 3.09. The summed E-state index contributed by atoms with van der Waals surface area (Å²) in [6, 6.07) is 16.1. The van der Waals surface area contributed by atoms with Crippen molar-refractivity contribution in [1.29, 1.82) is 0 Å². The Morgan fingerprint density at radius 3 is 1.74 bits per heavy atom. The van der Waals surface area contributed by atoms with Gasteiger partial charge in [-0.25, -0.2) is 0 Å². The number of nitrogens with one attached hydrogen (secondary N) is 1. The molecule has 2 amide bonds. The van der Waals surface area contributed by atoms with E-state index < -0.39 is 0 Å². The molecule has 0 aliphatic carbocycles. The van der Waals surface area contributed by atoms with E-state index in [1.807, 2.05) is 12.1 Å². The maximum absolute atomic E-state index is 12.8. The average molecular weight is 512 g/mol. The van der Waals surface area contributed by atoms with Crippen molar-refractivity contribution in [1.82, 2.24) is 4.90 Å². The standard InChI is InChI=1S/C33H41N3O2/c1-22-18-24(3)30(25(4)19-22)34-14-9-10-15-35(31-26(5)20-23(2)21-27(31)6)16-11-17-36-32(37)28-12-7-8-13-29(28)33(36)38/h7-8,12-13,18-21,34H,9-11,14-17H2,1-6H3. The van der Waals surface area contributed by atoms with E-state index in [1.54, 1.807) is 12.1 Å². The molecule has 0 saturated carbocycles. The van der Waals surface area contributed by atoms with Crippen molar-refractivity contribution in [3.8, 4) is 0 Å². The van der Waals surface area contributed by atoms with Crippen molar-refractivity contribution in [3.63, 3.8) is 0 Å². The normalized spacial score (nSPS) is 12.7. The Morgan fingerprint density at radius 2 is 1.18 bits per heavy atom. The van der Waals surface area contributed by atoms with Crippen LogP contribution in [0, 0.1) is 41.5 Å². The monoisotopic (exact) mass is 511 g/mol. The van der Waals surface area contributed by atoms with Crippen molar-refractivity contribution in [2.45, 2.75) is 60.8 Å². The lowest BCUT2D eigenvalue weighted by Crippen LogP contribution is -2.34. The second kappa shape index (κ2) is 11.8. The molecule has 0 saturated heterocycles. The molecule has 1 heterocycles. The molecular weight excluding hydrogens is 470 g/mol. The van der Waals surface area contributed by atoms with E-state index in [0.717, 1.165) is 38.9 Å². The molecule has 1 aliphatic heterocycles. The van der Waals surface area contributed by atoms with Gasteiger partial charge in [-0.2, -0.15) is 0 Å². The Morgan fingerprint density at radius 1 is 0.684 bits per heavy atom. The summed E-state index contributed by atoms with van der Waals surface area (Å²) in [7, 11) is 0. The van der Waals surface area contributed by atoms with Gasteiger partial charge >= 0.3 is 0 Å². The first-order chi connectivity index (χ1) is 18.2. The van der Waals surface area contributed by atoms with E-state index in [2.05, 4.69) is 76.0 Å². The Labute approximate surface area is 227 Å². The molecule has 1 N–H and O–H groups in total. The van der Waals surface area contributed by atoms with Gasteiger partial charge in [0.2, 0.25) is 0 Å². The molecule has 5 heteroatoms. The maximum atomic E-state index is 12.8. The van der Waals surface area contributed by atoms with Crippen LogP contribution in [-0.4, -0.2) is 42.9 Å². The molecule has 3 aromatic rings. The summed E-state index contributed by atoms with van der Waals surface area (Å²) >= 11 is 0. The number of benzene rings is 3. The van der Waals surface area contributed by atoms with Crippen molar-refractivity contribution < 1.29 is 9.59 Å². The number of carbonyl (C=O) groups excluding carboxylic acids is 2. The third kappa shape index (κ3) is 5.93. The van der Waals surface area contributed by atoms with Crippen LogP contribution in [-0.2, 0) is 0 Å². The van der Waals surface area contributed by atoms with E-state index in [0.29, 0.717) is 17.7 Å². The van der Waals surface area contributed by atoms with Gasteiger partial charge in [0.1, 0.15) is 0 Å². The van der Waals surface area contributed by atoms with Gasteiger partial charge in [0, 0.05) is 37.6 Å². The molecule has 5 nitrogen and oxygen atoms in total. The number of nitrogens with zero attached hydrogens (tertiary/aromatic N) is 2. The lowest BCUT2D eigenvalue weighted by molar-refractivity contribution is 0.0653. The zero-order chi connectivity index (χ0) is 27.4. The van der Waals surface area contributed by atoms with Crippen molar-refractivity contribution in [2.75, 3.05) is 36.4 Å². The van der Waals surface area contributed by atoms with Gasteiger partial charge in [0.15, 0.2) is 0 Å². The lowest BCUT2D eigenvalue weighted by Gasteiger charge is -2.29. The second-order valence-corrected chi connectivity index (χ2v) is 10.8. The molecule has 0 spiro atoms. The molecule has 200 valence electrons. The molecule has 38 heavy (non-hydrogen) atoms. The predicted octanol–water partition coefficient (Wildman–Crippen LogP) is 6.92. The van der Waals surface area contributed by atoms with Crippen LogP contribution < -0.4 is 10.2 Å². The number of imide groups is 1. The van der Waals surface area contributed by atoms with Crippen LogP contribution in [0.5, 0.6) is 0 Å². The minimum Gasteiger partial charge on any atom is -0.385 e. The number of aryl methyl sites for hydroxylation is 6. The molecular formula is C33H41N3O2. The fraction of sp³-hybridized carbons (Fsp3) is 0.394. The van der Waals surface area contributed by atoms with Crippen LogP contribution in [0.2, 0.25) is 0 Å². The third-order valence-electron chi connectivity index (χ3n) is 7.47. The molecule has 0 atom stereocenters. The van der Waals surface area contributed by atoms with E-state index in [-0.39, 0.29) is 11.8 Å². The summed E-state index contributed by atoms with van der Waals surface area (Å²) in [5.41, 5.74) is 11.3. The van der Waals surface area contributed by atoms with Crippen LogP contribution in [0.15, 0.2) is 48.5 Å². The quantitative estimate of drug-likeness (QED) is 0.224. The van der Waals surface area contributed by atoms with Gasteiger partial charge in [-0.05, 0) is 95.2 Å². The van der Waals surface area contributed by atoms with Gasteiger partial charge < -0.3 is 10.2 Å². The predicted molar refractivity (Wildman–Crippen MR) is 158 cm³/mol.